The Balaban J connectivity index is 0.000000487. The Morgan fingerprint density at radius 2 is 1.58 bits per heavy atom. The molecule has 2 aromatic rings. The van der Waals surface area contributed by atoms with E-state index in [-0.39, 0.29) is 0 Å². The molecule has 4 heteroatoms. The fourth-order valence-corrected chi connectivity index (χ4v) is 2.08. The lowest BCUT2D eigenvalue weighted by Gasteiger charge is -2.17. The molecule has 138 valence electrons. The van der Waals surface area contributed by atoms with Crippen LogP contribution in [-0.2, 0) is 4.79 Å². The zero-order chi connectivity index (χ0) is 19.4. The minimum atomic E-state index is -1.04. The molecule has 1 atom stereocenters. The SMILES string of the molecule is C/C=C\C=C/C.COc1ccc(C(Oc2ccccc2C)C(=O)O)cc1. The molecule has 1 unspecified atom stereocenters. The van der Waals surface area contributed by atoms with Crippen LogP contribution >= 0.6 is 0 Å². The Hall–Kier alpha value is -3.01. The van der Waals surface area contributed by atoms with Gasteiger partial charge in [0.15, 0.2) is 0 Å². The van der Waals surface area contributed by atoms with Crippen molar-refractivity contribution in [1.29, 1.82) is 0 Å². The fraction of sp³-hybridized carbons (Fsp3) is 0.227. The van der Waals surface area contributed by atoms with Gasteiger partial charge in [-0.3, -0.25) is 0 Å². The standard InChI is InChI=1S/C16H16O4.C6H10/c1-11-5-3-4-6-14(11)20-15(16(17)18)12-7-9-13(19-2)10-8-12;1-3-5-6-4-2/h3-10,15H,1-2H3,(H,17,18);3-6H,1-2H3/b;5-3-,6-4-. The van der Waals surface area contributed by atoms with Gasteiger partial charge in [-0.15, -0.1) is 0 Å². The van der Waals surface area contributed by atoms with Crippen LogP contribution in [0.25, 0.3) is 0 Å². The quantitative estimate of drug-likeness (QED) is 0.711. The van der Waals surface area contributed by atoms with Gasteiger partial charge in [0.1, 0.15) is 11.5 Å². The number of rotatable bonds is 6. The molecule has 26 heavy (non-hydrogen) atoms. The zero-order valence-electron chi connectivity index (χ0n) is 15.7. The molecule has 0 spiro atoms. The Labute approximate surface area is 155 Å². The molecule has 0 radical (unpaired) electrons. The highest BCUT2D eigenvalue weighted by Gasteiger charge is 2.22. The van der Waals surface area contributed by atoms with Gasteiger partial charge in [-0.1, -0.05) is 54.6 Å². The number of carboxylic acid groups (broad SMARTS) is 1. The first kappa shape index (κ1) is 21.0. The summed E-state index contributed by atoms with van der Waals surface area (Å²) in [5.41, 5.74) is 1.47. The van der Waals surface area contributed by atoms with Gasteiger partial charge >= 0.3 is 5.97 Å². The van der Waals surface area contributed by atoms with Crippen molar-refractivity contribution in [2.75, 3.05) is 7.11 Å². The number of allylic oxidation sites excluding steroid dienone is 4. The first-order valence-corrected chi connectivity index (χ1v) is 8.36. The Bertz CT molecular complexity index is 720. The second-order valence-electron chi connectivity index (χ2n) is 5.43. The van der Waals surface area contributed by atoms with Crippen LogP contribution in [-0.4, -0.2) is 18.2 Å². The molecule has 1 N–H and O–H groups in total. The van der Waals surface area contributed by atoms with Crippen molar-refractivity contribution in [2.24, 2.45) is 0 Å². The molecule has 0 aliphatic carbocycles. The molecule has 0 saturated heterocycles. The minimum Gasteiger partial charge on any atom is -0.497 e. The molecule has 4 nitrogen and oxygen atoms in total. The summed E-state index contributed by atoms with van der Waals surface area (Å²) in [5.74, 6) is 0.211. The third kappa shape index (κ3) is 6.85. The second-order valence-corrected chi connectivity index (χ2v) is 5.43. The molecule has 0 bridgehead atoms. The number of benzene rings is 2. The average Bonchev–Trinajstić information content (AvgIpc) is 2.66. The molecular formula is C22H26O4. The van der Waals surface area contributed by atoms with Crippen molar-refractivity contribution in [2.45, 2.75) is 26.9 Å². The van der Waals surface area contributed by atoms with Crippen molar-refractivity contribution >= 4 is 5.97 Å². The number of aliphatic carboxylic acids is 1. The van der Waals surface area contributed by atoms with Gasteiger partial charge in [0.25, 0.3) is 0 Å². The van der Waals surface area contributed by atoms with Crippen LogP contribution < -0.4 is 9.47 Å². The first-order valence-electron chi connectivity index (χ1n) is 8.36. The molecule has 0 aliphatic heterocycles. The summed E-state index contributed by atoms with van der Waals surface area (Å²) in [5, 5.41) is 9.35. The van der Waals surface area contributed by atoms with E-state index in [0.717, 1.165) is 5.56 Å². The van der Waals surface area contributed by atoms with Crippen LogP contribution in [0.15, 0.2) is 72.8 Å². The number of hydrogen-bond acceptors (Lipinski definition) is 3. The summed E-state index contributed by atoms with van der Waals surface area (Å²) in [6.45, 7) is 5.88. The predicted molar refractivity (Wildman–Crippen MR) is 105 cm³/mol. The summed E-state index contributed by atoms with van der Waals surface area (Å²) in [6, 6.07) is 14.1. The number of para-hydroxylation sites is 1. The smallest absolute Gasteiger partial charge is 0.349 e. The molecule has 2 rings (SSSR count). The van der Waals surface area contributed by atoms with Crippen LogP contribution in [0.4, 0.5) is 0 Å². The molecule has 2 aromatic carbocycles. The van der Waals surface area contributed by atoms with E-state index in [0.29, 0.717) is 17.1 Å². The lowest BCUT2D eigenvalue weighted by Crippen LogP contribution is -2.18. The maximum Gasteiger partial charge on any atom is 0.349 e. The number of aryl methyl sites for hydroxylation is 1. The van der Waals surface area contributed by atoms with Crippen molar-refractivity contribution in [3.63, 3.8) is 0 Å². The molecular weight excluding hydrogens is 328 g/mol. The Kier molecular flexibility index (Phi) is 9.33. The molecule has 0 saturated carbocycles. The topological polar surface area (TPSA) is 55.8 Å². The van der Waals surface area contributed by atoms with E-state index in [2.05, 4.69) is 0 Å². The number of hydrogen-bond donors (Lipinski definition) is 1. The molecule has 0 amide bonds. The maximum absolute atomic E-state index is 11.4. The Morgan fingerprint density at radius 3 is 2.04 bits per heavy atom. The van der Waals surface area contributed by atoms with Crippen molar-refractivity contribution in [1.82, 2.24) is 0 Å². The fourth-order valence-electron chi connectivity index (χ4n) is 2.08. The number of methoxy groups -OCH3 is 1. The van der Waals surface area contributed by atoms with E-state index < -0.39 is 12.1 Å². The van der Waals surface area contributed by atoms with E-state index in [1.54, 1.807) is 37.4 Å². The summed E-state index contributed by atoms with van der Waals surface area (Å²) in [6.07, 6.45) is 6.96. The van der Waals surface area contributed by atoms with Gasteiger partial charge in [-0.05, 0) is 44.5 Å². The lowest BCUT2D eigenvalue weighted by atomic mass is 10.1. The van der Waals surface area contributed by atoms with E-state index in [4.69, 9.17) is 9.47 Å². The van der Waals surface area contributed by atoms with Crippen LogP contribution in [0.3, 0.4) is 0 Å². The summed E-state index contributed by atoms with van der Waals surface area (Å²) < 4.78 is 10.7. The van der Waals surface area contributed by atoms with Gasteiger partial charge in [0.2, 0.25) is 6.10 Å². The predicted octanol–water partition coefficient (Wildman–Crippen LogP) is 5.35. The van der Waals surface area contributed by atoms with Crippen molar-refractivity contribution in [3.05, 3.63) is 84.0 Å². The van der Waals surface area contributed by atoms with Crippen LogP contribution in [0.5, 0.6) is 11.5 Å². The number of carbonyl (C=O) groups is 1. The largest absolute Gasteiger partial charge is 0.497 e. The van der Waals surface area contributed by atoms with E-state index in [1.807, 2.05) is 63.3 Å². The third-order valence-corrected chi connectivity index (χ3v) is 3.48. The monoisotopic (exact) mass is 354 g/mol. The lowest BCUT2D eigenvalue weighted by molar-refractivity contribution is -0.145. The van der Waals surface area contributed by atoms with Gasteiger partial charge < -0.3 is 14.6 Å². The minimum absolute atomic E-state index is 0.565. The number of carboxylic acids is 1. The summed E-state index contributed by atoms with van der Waals surface area (Å²) >= 11 is 0. The highest BCUT2D eigenvalue weighted by Crippen LogP contribution is 2.26. The summed E-state index contributed by atoms with van der Waals surface area (Å²) in [7, 11) is 1.56. The molecule has 0 aliphatic rings. The third-order valence-electron chi connectivity index (χ3n) is 3.48. The van der Waals surface area contributed by atoms with E-state index >= 15 is 0 Å². The van der Waals surface area contributed by atoms with Crippen LogP contribution in [0, 0.1) is 6.92 Å². The zero-order valence-corrected chi connectivity index (χ0v) is 15.7. The highest BCUT2D eigenvalue weighted by atomic mass is 16.5. The average molecular weight is 354 g/mol. The van der Waals surface area contributed by atoms with E-state index in [9.17, 15) is 9.90 Å². The van der Waals surface area contributed by atoms with Gasteiger partial charge in [0, 0.05) is 5.56 Å². The van der Waals surface area contributed by atoms with E-state index in [1.165, 1.54) is 0 Å². The number of ether oxygens (including phenoxy) is 2. The molecule has 0 heterocycles. The van der Waals surface area contributed by atoms with Crippen LogP contribution in [0.1, 0.15) is 31.1 Å². The van der Waals surface area contributed by atoms with Gasteiger partial charge in [-0.25, -0.2) is 4.79 Å². The maximum atomic E-state index is 11.4. The summed E-state index contributed by atoms with van der Waals surface area (Å²) in [4.78, 5) is 11.4. The van der Waals surface area contributed by atoms with Gasteiger partial charge in [0.05, 0.1) is 7.11 Å². The van der Waals surface area contributed by atoms with Crippen molar-refractivity contribution in [3.8, 4) is 11.5 Å². The van der Waals surface area contributed by atoms with Gasteiger partial charge in [-0.2, -0.15) is 0 Å². The van der Waals surface area contributed by atoms with Crippen molar-refractivity contribution < 1.29 is 19.4 Å². The van der Waals surface area contributed by atoms with Crippen LogP contribution in [0.2, 0.25) is 0 Å². The molecule has 0 fully saturated rings. The molecule has 0 aromatic heterocycles. The Morgan fingerprint density at radius 1 is 1.00 bits per heavy atom. The highest BCUT2D eigenvalue weighted by molar-refractivity contribution is 5.75. The second kappa shape index (κ2) is 11.5. The normalized spacial score (nSPS) is 11.7. The first-order chi connectivity index (χ1) is 12.5.